The maximum atomic E-state index is 13.4. The fourth-order valence-electron chi connectivity index (χ4n) is 2.97. The lowest BCUT2D eigenvalue weighted by molar-refractivity contribution is -0.135. The lowest BCUT2D eigenvalue weighted by Crippen LogP contribution is -2.67. The summed E-state index contributed by atoms with van der Waals surface area (Å²) in [4.78, 5) is 26.5. The Labute approximate surface area is 157 Å². The van der Waals surface area contributed by atoms with Gasteiger partial charge in [-0.05, 0) is 56.2 Å². The third-order valence-corrected chi connectivity index (χ3v) is 6.08. The molecule has 27 heavy (non-hydrogen) atoms. The van der Waals surface area contributed by atoms with Crippen LogP contribution in [0.5, 0.6) is 0 Å². The van der Waals surface area contributed by atoms with Crippen molar-refractivity contribution >= 4 is 21.8 Å². The van der Waals surface area contributed by atoms with Crippen LogP contribution < -0.4 is 4.72 Å². The van der Waals surface area contributed by atoms with E-state index in [1.165, 1.54) is 42.2 Å². The van der Waals surface area contributed by atoms with Crippen LogP contribution >= 0.6 is 0 Å². The summed E-state index contributed by atoms with van der Waals surface area (Å²) in [6.07, 6.45) is 0.309. The first kappa shape index (κ1) is 19.0. The summed E-state index contributed by atoms with van der Waals surface area (Å²) in [6, 6.07) is 11.3. The highest BCUT2D eigenvalue weighted by atomic mass is 32.2. The van der Waals surface area contributed by atoms with Gasteiger partial charge in [-0.3, -0.25) is 9.59 Å². The molecule has 1 unspecified atom stereocenters. The van der Waals surface area contributed by atoms with Crippen molar-refractivity contribution in [3.63, 3.8) is 0 Å². The molecular weight excluding hydrogens is 371 g/mol. The van der Waals surface area contributed by atoms with Crippen molar-refractivity contribution in [1.29, 1.82) is 0 Å². The molecule has 2 amide bonds. The third kappa shape index (κ3) is 3.57. The number of carbonyl (C=O) groups is 2. The van der Waals surface area contributed by atoms with Crippen LogP contribution in [0.15, 0.2) is 53.4 Å². The molecule has 1 heterocycles. The summed E-state index contributed by atoms with van der Waals surface area (Å²) in [6.45, 7) is 3.52. The van der Waals surface area contributed by atoms with E-state index in [0.717, 1.165) is 11.6 Å². The first-order chi connectivity index (χ1) is 12.6. The quantitative estimate of drug-likeness (QED) is 0.868. The van der Waals surface area contributed by atoms with Crippen LogP contribution in [-0.4, -0.2) is 37.2 Å². The van der Waals surface area contributed by atoms with Gasteiger partial charge >= 0.3 is 0 Å². The molecule has 0 radical (unpaired) electrons. The SMILES string of the molecule is Cc1cccc(S(=O)(=O)NC(=O)C2(C)CCN2C(=O)c2cccc(F)c2)c1. The van der Waals surface area contributed by atoms with Crippen molar-refractivity contribution < 1.29 is 22.4 Å². The van der Waals surface area contributed by atoms with Gasteiger partial charge in [0.25, 0.3) is 21.8 Å². The van der Waals surface area contributed by atoms with E-state index >= 15 is 0 Å². The van der Waals surface area contributed by atoms with Crippen LogP contribution in [0.1, 0.15) is 29.3 Å². The lowest BCUT2D eigenvalue weighted by Gasteiger charge is -2.48. The molecule has 0 spiro atoms. The van der Waals surface area contributed by atoms with Gasteiger partial charge in [0.15, 0.2) is 0 Å². The Morgan fingerprint density at radius 2 is 1.85 bits per heavy atom. The van der Waals surface area contributed by atoms with E-state index in [4.69, 9.17) is 0 Å². The summed E-state index contributed by atoms with van der Waals surface area (Å²) >= 11 is 0. The Hall–Kier alpha value is -2.74. The molecule has 1 aliphatic heterocycles. The smallest absolute Gasteiger partial charge is 0.264 e. The van der Waals surface area contributed by atoms with Crippen LogP contribution in [0.2, 0.25) is 0 Å². The van der Waals surface area contributed by atoms with Crippen molar-refractivity contribution in [3.05, 3.63) is 65.5 Å². The second-order valence-electron chi connectivity index (χ2n) is 6.74. The highest BCUT2D eigenvalue weighted by Gasteiger charge is 2.50. The van der Waals surface area contributed by atoms with Gasteiger partial charge in [-0.25, -0.2) is 17.5 Å². The zero-order chi connectivity index (χ0) is 19.8. The molecule has 1 atom stereocenters. The number of benzene rings is 2. The van der Waals surface area contributed by atoms with Crippen LogP contribution in [0.4, 0.5) is 4.39 Å². The Morgan fingerprint density at radius 3 is 2.44 bits per heavy atom. The van der Waals surface area contributed by atoms with Crippen LogP contribution in [0, 0.1) is 12.7 Å². The zero-order valence-corrected chi connectivity index (χ0v) is 15.7. The summed E-state index contributed by atoms with van der Waals surface area (Å²) in [7, 11) is -4.06. The summed E-state index contributed by atoms with van der Waals surface area (Å²) < 4.78 is 40.4. The van der Waals surface area contributed by atoms with Crippen LogP contribution in [0.25, 0.3) is 0 Å². The number of likely N-dealkylation sites (tertiary alicyclic amines) is 1. The van der Waals surface area contributed by atoms with E-state index in [2.05, 4.69) is 4.72 Å². The highest BCUT2D eigenvalue weighted by Crippen LogP contribution is 2.32. The molecule has 142 valence electrons. The van der Waals surface area contributed by atoms with Crippen molar-refractivity contribution in [2.24, 2.45) is 0 Å². The number of amides is 2. The normalized spacial score (nSPS) is 19.3. The lowest BCUT2D eigenvalue weighted by atomic mass is 9.85. The van der Waals surface area contributed by atoms with E-state index in [9.17, 15) is 22.4 Å². The number of hydrogen-bond donors (Lipinski definition) is 1. The highest BCUT2D eigenvalue weighted by molar-refractivity contribution is 7.90. The van der Waals surface area contributed by atoms with Gasteiger partial charge in [0.2, 0.25) is 0 Å². The molecule has 0 bridgehead atoms. The van der Waals surface area contributed by atoms with Crippen molar-refractivity contribution in [2.75, 3.05) is 6.54 Å². The van der Waals surface area contributed by atoms with E-state index in [1.807, 2.05) is 0 Å². The van der Waals surface area contributed by atoms with Crippen molar-refractivity contribution in [2.45, 2.75) is 30.7 Å². The standard InChI is InChI=1S/C19H19FN2O4S/c1-13-5-3-8-16(11-13)27(25,26)21-18(24)19(2)9-10-22(19)17(23)14-6-4-7-15(20)12-14/h3-8,11-12H,9-10H2,1-2H3,(H,21,24). The Morgan fingerprint density at radius 1 is 1.15 bits per heavy atom. The number of carbonyl (C=O) groups excluding carboxylic acids is 2. The minimum Gasteiger partial charge on any atom is -0.324 e. The molecule has 2 aromatic carbocycles. The Balaban J connectivity index is 1.81. The van der Waals surface area contributed by atoms with Crippen LogP contribution in [0.3, 0.4) is 0 Å². The van der Waals surface area contributed by atoms with Gasteiger partial charge in [-0.2, -0.15) is 0 Å². The predicted octanol–water partition coefficient (Wildman–Crippen LogP) is 2.24. The zero-order valence-electron chi connectivity index (χ0n) is 14.9. The van der Waals surface area contributed by atoms with Crippen LogP contribution in [-0.2, 0) is 14.8 Å². The number of hydrogen-bond acceptors (Lipinski definition) is 4. The first-order valence-corrected chi connectivity index (χ1v) is 9.83. The minimum atomic E-state index is -4.06. The fourth-order valence-corrected chi connectivity index (χ4v) is 4.15. The predicted molar refractivity (Wildman–Crippen MR) is 97.0 cm³/mol. The topological polar surface area (TPSA) is 83.6 Å². The van der Waals surface area contributed by atoms with E-state index < -0.39 is 33.2 Å². The summed E-state index contributed by atoms with van der Waals surface area (Å²) in [5, 5.41) is 0. The number of nitrogens with zero attached hydrogens (tertiary/aromatic N) is 1. The molecule has 0 aromatic heterocycles. The van der Waals surface area contributed by atoms with Crippen molar-refractivity contribution in [1.82, 2.24) is 9.62 Å². The number of sulfonamides is 1. The molecule has 3 rings (SSSR count). The Kier molecular flexibility index (Phi) is 4.77. The average Bonchev–Trinajstić information content (AvgIpc) is 2.59. The monoisotopic (exact) mass is 390 g/mol. The van der Waals surface area contributed by atoms with Gasteiger partial charge in [0.05, 0.1) is 4.90 Å². The van der Waals surface area contributed by atoms with Crippen molar-refractivity contribution in [3.8, 4) is 0 Å². The third-order valence-electron chi connectivity index (χ3n) is 4.75. The first-order valence-electron chi connectivity index (χ1n) is 8.35. The summed E-state index contributed by atoms with van der Waals surface area (Å²) in [5.41, 5.74) is -0.473. The van der Waals surface area contributed by atoms with Gasteiger partial charge in [-0.15, -0.1) is 0 Å². The van der Waals surface area contributed by atoms with E-state index in [1.54, 1.807) is 19.1 Å². The maximum Gasteiger partial charge on any atom is 0.264 e. The number of aryl methyl sites for hydroxylation is 1. The molecule has 0 saturated carbocycles. The molecule has 1 aliphatic rings. The number of nitrogens with one attached hydrogen (secondary N) is 1. The second-order valence-corrected chi connectivity index (χ2v) is 8.42. The number of halogens is 1. The average molecular weight is 390 g/mol. The van der Waals surface area contributed by atoms with Gasteiger partial charge in [0.1, 0.15) is 11.4 Å². The molecular formula is C19H19FN2O4S. The Bertz CT molecular complexity index is 1020. The molecule has 0 aliphatic carbocycles. The minimum absolute atomic E-state index is 0.0261. The molecule has 6 nitrogen and oxygen atoms in total. The second kappa shape index (κ2) is 6.77. The van der Waals surface area contributed by atoms with Gasteiger partial charge < -0.3 is 4.90 Å². The summed E-state index contributed by atoms with van der Waals surface area (Å²) in [5.74, 6) is -1.87. The molecule has 1 saturated heterocycles. The fraction of sp³-hybridized carbons (Fsp3) is 0.263. The molecule has 1 N–H and O–H groups in total. The molecule has 2 aromatic rings. The van der Waals surface area contributed by atoms with Gasteiger partial charge in [0, 0.05) is 12.1 Å². The van der Waals surface area contributed by atoms with E-state index in [0.29, 0.717) is 6.42 Å². The molecule has 1 fully saturated rings. The van der Waals surface area contributed by atoms with E-state index in [-0.39, 0.29) is 17.0 Å². The molecule has 8 heteroatoms. The van der Waals surface area contributed by atoms with Gasteiger partial charge in [-0.1, -0.05) is 18.2 Å². The largest absolute Gasteiger partial charge is 0.324 e. The maximum absolute atomic E-state index is 13.4. The number of rotatable bonds is 4.